The van der Waals surface area contributed by atoms with Gasteiger partial charge in [0, 0.05) is 6.54 Å². The van der Waals surface area contributed by atoms with Crippen LogP contribution in [0.5, 0.6) is 5.75 Å². The fourth-order valence-corrected chi connectivity index (χ4v) is 2.86. The lowest BCUT2D eigenvalue weighted by Gasteiger charge is -2.19. The fourth-order valence-electron chi connectivity index (χ4n) is 2.33. The van der Waals surface area contributed by atoms with Crippen molar-refractivity contribution in [1.29, 1.82) is 0 Å². The lowest BCUT2D eigenvalue weighted by Crippen LogP contribution is -2.22. The van der Waals surface area contributed by atoms with Crippen LogP contribution in [0.3, 0.4) is 0 Å². The number of hydrogen-bond donors (Lipinski definition) is 1. The first-order valence-corrected chi connectivity index (χ1v) is 7.53. The molecular weight excluding hydrogens is 318 g/mol. The largest absolute Gasteiger partial charge is 0.497 e. The Labute approximate surface area is 128 Å². The zero-order chi connectivity index (χ0) is 14.5. The fraction of sp³-hybridized carbons (Fsp3) is 0.400. The van der Waals surface area contributed by atoms with Crippen molar-refractivity contribution in [2.75, 3.05) is 14.2 Å². The van der Waals surface area contributed by atoms with Gasteiger partial charge in [-0.15, -0.1) is 0 Å². The Morgan fingerprint density at radius 2 is 2.25 bits per heavy atom. The molecule has 108 valence electrons. The Kier molecular flexibility index (Phi) is 5.20. The number of hydrogen-bond acceptors (Lipinski definition) is 3. The lowest BCUT2D eigenvalue weighted by atomic mass is 10.0. The van der Waals surface area contributed by atoms with Crippen LogP contribution in [0.25, 0.3) is 0 Å². The van der Waals surface area contributed by atoms with Crippen molar-refractivity contribution in [2.24, 2.45) is 0 Å². The van der Waals surface area contributed by atoms with Gasteiger partial charge in [0.2, 0.25) is 0 Å². The standard InChI is InChI=1S/C15H20BrN3O/c1-4-8-19-15(13(16)10-18-19)14(17-2)11-6-5-7-12(9-11)20-3/h5-7,9-10,14,17H,4,8H2,1-3H3. The molecule has 1 unspecified atom stereocenters. The molecule has 20 heavy (non-hydrogen) atoms. The highest BCUT2D eigenvalue weighted by Gasteiger charge is 2.20. The molecule has 4 nitrogen and oxygen atoms in total. The number of ether oxygens (including phenoxy) is 1. The normalized spacial score (nSPS) is 12.4. The highest BCUT2D eigenvalue weighted by Crippen LogP contribution is 2.30. The first-order chi connectivity index (χ1) is 9.71. The number of nitrogens with one attached hydrogen (secondary N) is 1. The Bertz CT molecular complexity index is 568. The Morgan fingerprint density at radius 1 is 1.45 bits per heavy atom. The van der Waals surface area contributed by atoms with E-state index in [4.69, 9.17) is 4.74 Å². The van der Waals surface area contributed by atoms with E-state index >= 15 is 0 Å². The molecule has 1 N–H and O–H groups in total. The molecule has 1 atom stereocenters. The molecule has 0 saturated heterocycles. The van der Waals surface area contributed by atoms with Crippen molar-refractivity contribution in [1.82, 2.24) is 15.1 Å². The van der Waals surface area contributed by atoms with E-state index < -0.39 is 0 Å². The van der Waals surface area contributed by atoms with Gasteiger partial charge in [0.1, 0.15) is 5.75 Å². The summed E-state index contributed by atoms with van der Waals surface area (Å²) >= 11 is 3.61. The van der Waals surface area contributed by atoms with E-state index in [0.29, 0.717) is 0 Å². The molecule has 0 aliphatic carbocycles. The van der Waals surface area contributed by atoms with E-state index in [1.54, 1.807) is 7.11 Å². The maximum atomic E-state index is 5.31. The van der Waals surface area contributed by atoms with Gasteiger partial charge in [-0.2, -0.15) is 5.10 Å². The number of aryl methyl sites for hydroxylation is 1. The quantitative estimate of drug-likeness (QED) is 0.878. The van der Waals surface area contributed by atoms with Gasteiger partial charge < -0.3 is 10.1 Å². The Morgan fingerprint density at radius 3 is 2.90 bits per heavy atom. The van der Waals surface area contributed by atoms with Gasteiger partial charge in [0.05, 0.1) is 29.5 Å². The van der Waals surface area contributed by atoms with Gasteiger partial charge in [0.15, 0.2) is 0 Å². The summed E-state index contributed by atoms with van der Waals surface area (Å²) in [6.07, 6.45) is 2.91. The van der Waals surface area contributed by atoms with Gasteiger partial charge in [-0.25, -0.2) is 0 Å². The summed E-state index contributed by atoms with van der Waals surface area (Å²) in [7, 11) is 3.64. The first-order valence-electron chi connectivity index (χ1n) is 6.73. The molecule has 0 aliphatic rings. The van der Waals surface area contributed by atoms with Gasteiger partial charge in [-0.1, -0.05) is 19.1 Å². The smallest absolute Gasteiger partial charge is 0.119 e. The number of benzene rings is 1. The number of rotatable bonds is 6. The molecule has 0 saturated carbocycles. The zero-order valence-corrected chi connectivity index (χ0v) is 13.6. The summed E-state index contributed by atoms with van der Waals surface area (Å²) in [6, 6.07) is 8.19. The summed E-state index contributed by atoms with van der Waals surface area (Å²) < 4.78 is 8.38. The topological polar surface area (TPSA) is 39.1 Å². The van der Waals surface area contributed by atoms with E-state index in [1.165, 1.54) is 0 Å². The molecule has 1 heterocycles. The van der Waals surface area contributed by atoms with Gasteiger partial charge in [-0.3, -0.25) is 4.68 Å². The average Bonchev–Trinajstić information content (AvgIpc) is 2.82. The van der Waals surface area contributed by atoms with Crippen molar-refractivity contribution in [3.05, 3.63) is 46.2 Å². The Hall–Kier alpha value is -1.33. The van der Waals surface area contributed by atoms with Gasteiger partial charge >= 0.3 is 0 Å². The summed E-state index contributed by atoms with van der Waals surface area (Å²) in [5.41, 5.74) is 2.30. The second kappa shape index (κ2) is 6.90. The van der Waals surface area contributed by atoms with Crippen LogP contribution in [-0.2, 0) is 6.54 Å². The van der Waals surface area contributed by atoms with E-state index in [1.807, 2.05) is 30.1 Å². The minimum Gasteiger partial charge on any atom is -0.497 e. The minimum atomic E-state index is 0.0773. The second-order valence-electron chi connectivity index (χ2n) is 4.60. The van der Waals surface area contributed by atoms with Crippen molar-refractivity contribution >= 4 is 15.9 Å². The molecule has 1 aromatic heterocycles. The molecule has 0 radical (unpaired) electrons. The molecule has 0 spiro atoms. The van der Waals surface area contributed by atoms with Crippen LogP contribution in [0, 0.1) is 0 Å². The zero-order valence-electron chi connectivity index (χ0n) is 12.1. The minimum absolute atomic E-state index is 0.0773. The third kappa shape index (κ3) is 3.04. The predicted molar refractivity (Wildman–Crippen MR) is 84.1 cm³/mol. The molecule has 2 aromatic rings. The molecule has 5 heteroatoms. The van der Waals surface area contributed by atoms with Crippen LogP contribution in [0.4, 0.5) is 0 Å². The molecule has 1 aromatic carbocycles. The predicted octanol–water partition coefficient (Wildman–Crippen LogP) is 3.37. The molecule has 0 bridgehead atoms. The number of nitrogens with zero attached hydrogens (tertiary/aromatic N) is 2. The van der Waals surface area contributed by atoms with Crippen LogP contribution in [-0.4, -0.2) is 23.9 Å². The van der Waals surface area contributed by atoms with Gasteiger partial charge in [-0.05, 0) is 47.1 Å². The highest BCUT2D eigenvalue weighted by atomic mass is 79.9. The monoisotopic (exact) mass is 337 g/mol. The maximum Gasteiger partial charge on any atom is 0.119 e. The average molecular weight is 338 g/mol. The Balaban J connectivity index is 2.43. The van der Waals surface area contributed by atoms with E-state index in [-0.39, 0.29) is 6.04 Å². The maximum absolute atomic E-state index is 5.31. The van der Waals surface area contributed by atoms with Crippen LogP contribution in [0.2, 0.25) is 0 Å². The van der Waals surface area contributed by atoms with Crippen LogP contribution in [0.15, 0.2) is 34.9 Å². The summed E-state index contributed by atoms with van der Waals surface area (Å²) in [4.78, 5) is 0. The molecular formula is C15H20BrN3O. The van der Waals surface area contributed by atoms with Crippen molar-refractivity contribution in [2.45, 2.75) is 25.9 Å². The van der Waals surface area contributed by atoms with Crippen LogP contribution < -0.4 is 10.1 Å². The third-order valence-corrected chi connectivity index (χ3v) is 3.87. The number of methoxy groups -OCH3 is 1. The first kappa shape index (κ1) is 15.1. The van der Waals surface area contributed by atoms with E-state index in [9.17, 15) is 0 Å². The summed E-state index contributed by atoms with van der Waals surface area (Å²) in [5, 5.41) is 7.81. The van der Waals surface area contributed by atoms with Crippen LogP contribution in [0.1, 0.15) is 30.6 Å². The summed E-state index contributed by atoms with van der Waals surface area (Å²) in [6.45, 7) is 3.06. The van der Waals surface area contributed by atoms with Crippen molar-refractivity contribution in [3.63, 3.8) is 0 Å². The highest BCUT2D eigenvalue weighted by molar-refractivity contribution is 9.10. The number of halogens is 1. The van der Waals surface area contributed by atoms with Gasteiger partial charge in [0.25, 0.3) is 0 Å². The van der Waals surface area contributed by atoms with E-state index in [2.05, 4.69) is 45.4 Å². The third-order valence-electron chi connectivity index (χ3n) is 3.26. The second-order valence-corrected chi connectivity index (χ2v) is 5.45. The number of aromatic nitrogens is 2. The summed E-state index contributed by atoms with van der Waals surface area (Å²) in [5.74, 6) is 0.862. The van der Waals surface area contributed by atoms with E-state index in [0.717, 1.165) is 34.4 Å². The lowest BCUT2D eigenvalue weighted by molar-refractivity contribution is 0.413. The molecule has 0 amide bonds. The molecule has 2 rings (SSSR count). The molecule has 0 aliphatic heterocycles. The van der Waals surface area contributed by atoms with Crippen LogP contribution >= 0.6 is 15.9 Å². The SMILES string of the molecule is CCCn1ncc(Br)c1C(NC)c1cccc(OC)c1. The van der Waals surface area contributed by atoms with Crippen molar-refractivity contribution in [3.8, 4) is 5.75 Å². The van der Waals surface area contributed by atoms with Crippen molar-refractivity contribution < 1.29 is 4.74 Å². The molecule has 0 fully saturated rings.